The SMILES string of the molecule is CC(O)(c1ccc(NC(=O)C2c3ccc(S(=O)(=O)C4CC4)cc3CN2C(=O)CO)cc1)C(F)(F)F. The summed E-state index contributed by atoms with van der Waals surface area (Å²) in [6, 6.07) is 7.52. The van der Waals surface area contributed by atoms with E-state index in [2.05, 4.69) is 5.32 Å². The topological polar surface area (TPSA) is 124 Å². The third-order valence-corrected chi connectivity index (χ3v) is 8.58. The number of aliphatic hydroxyl groups is 2. The van der Waals surface area contributed by atoms with Gasteiger partial charge in [-0.15, -0.1) is 0 Å². The molecule has 0 aromatic heterocycles. The number of nitrogens with zero attached hydrogens (tertiary/aromatic N) is 1. The molecule has 1 heterocycles. The summed E-state index contributed by atoms with van der Waals surface area (Å²) < 4.78 is 64.4. The predicted molar refractivity (Wildman–Crippen MR) is 118 cm³/mol. The molecule has 1 fully saturated rings. The van der Waals surface area contributed by atoms with E-state index in [-0.39, 0.29) is 17.1 Å². The standard InChI is InChI=1S/C23H23F3N2O6S/c1-22(32,23(24,25)26)14-2-4-15(5-3-14)27-21(31)20-18-9-8-17(35(33,34)16-6-7-16)10-13(18)11-28(20)19(30)12-29/h2-5,8-10,16,20,29,32H,6-7,11-12H2,1H3,(H,27,31). The van der Waals surface area contributed by atoms with Crippen LogP contribution in [0, 0.1) is 0 Å². The summed E-state index contributed by atoms with van der Waals surface area (Å²) in [6.07, 6.45) is -3.74. The van der Waals surface area contributed by atoms with Gasteiger partial charge in [0.25, 0.3) is 5.91 Å². The number of carbonyl (C=O) groups is 2. The number of alkyl halides is 3. The van der Waals surface area contributed by atoms with Gasteiger partial charge in [0, 0.05) is 12.2 Å². The van der Waals surface area contributed by atoms with Crippen LogP contribution in [-0.4, -0.2) is 53.4 Å². The molecule has 1 aliphatic carbocycles. The quantitative estimate of drug-likeness (QED) is 0.546. The second kappa shape index (κ2) is 8.61. The zero-order valence-corrected chi connectivity index (χ0v) is 19.4. The molecule has 1 aliphatic heterocycles. The molecule has 2 aromatic rings. The first-order valence-corrected chi connectivity index (χ1v) is 12.3. The highest BCUT2D eigenvalue weighted by molar-refractivity contribution is 7.92. The zero-order valence-electron chi connectivity index (χ0n) is 18.5. The number of sulfone groups is 1. The van der Waals surface area contributed by atoms with Crippen LogP contribution < -0.4 is 5.32 Å². The van der Waals surface area contributed by atoms with Crippen molar-refractivity contribution in [3.05, 3.63) is 59.2 Å². The lowest BCUT2D eigenvalue weighted by molar-refractivity contribution is -0.258. The Morgan fingerprint density at radius 3 is 2.29 bits per heavy atom. The summed E-state index contributed by atoms with van der Waals surface area (Å²) in [5.41, 5.74) is -2.55. The maximum Gasteiger partial charge on any atom is 0.421 e. The van der Waals surface area contributed by atoms with E-state index in [1.165, 1.54) is 30.3 Å². The molecular weight excluding hydrogens is 489 g/mol. The first kappa shape index (κ1) is 25.1. The number of halogens is 3. The molecule has 0 bridgehead atoms. The van der Waals surface area contributed by atoms with Crippen LogP contribution in [0.4, 0.5) is 18.9 Å². The normalized spacial score (nSPS) is 19.7. The van der Waals surface area contributed by atoms with Crippen LogP contribution in [0.15, 0.2) is 47.4 Å². The Labute approximate surface area is 199 Å². The number of nitrogens with one attached hydrogen (secondary N) is 1. The maximum absolute atomic E-state index is 13.1. The highest BCUT2D eigenvalue weighted by Gasteiger charge is 2.51. The number of carbonyl (C=O) groups excluding carboxylic acids is 2. The van der Waals surface area contributed by atoms with E-state index in [9.17, 15) is 41.4 Å². The average Bonchev–Trinajstić information content (AvgIpc) is 3.58. The van der Waals surface area contributed by atoms with Gasteiger partial charge in [0.2, 0.25) is 5.91 Å². The molecule has 2 aliphatic rings. The van der Waals surface area contributed by atoms with Crippen molar-refractivity contribution in [2.75, 3.05) is 11.9 Å². The molecule has 12 heteroatoms. The van der Waals surface area contributed by atoms with Crippen LogP contribution in [0.2, 0.25) is 0 Å². The molecule has 35 heavy (non-hydrogen) atoms. The molecule has 0 radical (unpaired) electrons. The average molecular weight is 513 g/mol. The molecule has 3 N–H and O–H groups in total. The third-order valence-electron chi connectivity index (χ3n) is 6.32. The molecule has 4 rings (SSSR count). The van der Waals surface area contributed by atoms with Crippen LogP contribution in [0.3, 0.4) is 0 Å². The molecular formula is C23H23F3N2O6S. The molecule has 2 aromatic carbocycles. The van der Waals surface area contributed by atoms with Gasteiger partial charge >= 0.3 is 6.18 Å². The zero-order chi connectivity index (χ0) is 25.8. The summed E-state index contributed by atoms with van der Waals surface area (Å²) in [4.78, 5) is 26.7. The van der Waals surface area contributed by atoms with Gasteiger partial charge in [0.15, 0.2) is 15.4 Å². The van der Waals surface area contributed by atoms with Gasteiger partial charge in [0.1, 0.15) is 12.6 Å². The Morgan fingerprint density at radius 1 is 1.11 bits per heavy atom. The van der Waals surface area contributed by atoms with Crippen molar-refractivity contribution in [1.82, 2.24) is 4.90 Å². The van der Waals surface area contributed by atoms with E-state index in [0.29, 0.717) is 30.9 Å². The molecule has 188 valence electrons. The molecule has 0 saturated heterocycles. The molecule has 8 nitrogen and oxygen atoms in total. The second-order valence-corrected chi connectivity index (χ2v) is 11.1. The van der Waals surface area contributed by atoms with Crippen LogP contribution in [0.1, 0.15) is 42.5 Å². The monoisotopic (exact) mass is 512 g/mol. The molecule has 0 spiro atoms. The van der Waals surface area contributed by atoms with Crippen molar-refractivity contribution < 1.29 is 41.4 Å². The summed E-state index contributed by atoms with van der Waals surface area (Å²) in [6.45, 7) is -0.341. The maximum atomic E-state index is 13.1. The van der Waals surface area contributed by atoms with E-state index in [1.807, 2.05) is 0 Å². The molecule has 2 unspecified atom stereocenters. The van der Waals surface area contributed by atoms with Gasteiger partial charge in [-0.3, -0.25) is 9.59 Å². The minimum Gasteiger partial charge on any atom is -0.387 e. The Kier molecular flexibility index (Phi) is 6.18. The first-order valence-electron chi connectivity index (χ1n) is 10.7. The predicted octanol–water partition coefficient (Wildman–Crippen LogP) is 2.41. The van der Waals surface area contributed by atoms with Crippen LogP contribution in [0.25, 0.3) is 0 Å². The fourth-order valence-electron chi connectivity index (χ4n) is 4.03. The van der Waals surface area contributed by atoms with Crippen molar-refractivity contribution in [2.24, 2.45) is 0 Å². The van der Waals surface area contributed by atoms with Gasteiger partial charge in [-0.25, -0.2) is 8.42 Å². The Hall–Kier alpha value is -2.96. The number of aliphatic hydroxyl groups excluding tert-OH is 1. The number of hydrogen-bond acceptors (Lipinski definition) is 6. The Bertz CT molecular complexity index is 1270. The fourth-order valence-corrected chi connectivity index (χ4v) is 5.74. The lowest BCUT2D eigenvalue weighted by Crippen LogP contribution is -2.39. The smallest absolute Gasteiger partial charge is 0.387 e. The van der Waals surface area contributed by atoms with Crippen molar-refractivity contribution in [2.45, 2.75) is 54.3 Å². The summed E-state index contributed by atoms with van der Waals surface area (Å²) >= 11 is 0. The van der Waals surface area contributed by atoms with Gasteiger partial charge in [0.05, 0.1) is 10.1 Å². The van der Waals surface area contributed by atoms with E-state index in [1.54, 1.807) is 0 Å². The second-order valence-electron chi connectivity index (χ2n) is 8.82. The summed E-state index contributed by atoms with van der Waals surface area (Å²) in [5.74, 6) is -1.44. The first-order chi connectivity index (χ1) is 16.3. The minimum atomic E-state index is -4.90. The van der Waals surface area contributed by atoms with Crippen molar-refractivity contribution in [3.8, 4) is 0 Å². The number of amides is 2. The lowest BCUT2D eigenvalue weighted by atomic mass is 9.95. The third kappa shape index (κ3) is 4.53. The lowest BCUT2D eigenvalue weighted by Gasteiger charge is -2.27. The number of anilines is 1. The number of fused-ring (bicyclic) bond motifs is 1. The Morgan fingerprint density at radius 2 is 1.74 bits per heavy atom. The van der Waals surface area contributed by atoms with E-state index in [0.717, 1.165) is 17.0 Å². The van der Waals surface area contributed by atoms with Crippen molar-refractivity contribution in [3.63, 3.8) is 0 Å². The van der Waals surface area contributed by atoms with Crippen LogP contribution in [0.5, 0.6) is 0 Å². The largest absolute Gasteiger partial charge is 0.421 e. The summed E-state index contributed by atoms with van der Waals surface area (Å²) in [7, 11) is -3.50. The summed E-state index contributed by atoms with van der Waals surface area (Å²) in [5, 5.41) is 21.3. The fraction of sp³-hybridized carbons (Fsp3) is 0.391. The van der Waals surface area contributed by atoms with Crippen molar-refractivity contribution in [1.29, 1.82) is 0 Å². The van der Waals surface area contributed by atoms with Crippen LogP contribution in [-0.2, 0) is 31.6 Å². The number of benzene rings is 2. The number of rotatable bonds is 6. The number of hydrogen-bond donors (Lipinski definition) is 3. The van der Waals surface area contributed by atoms with Gasteiger partial charge in [-0.05, 0) is 60.7 Å². The van der Waals surface area contributed by atoms with E-state index in [4.69, 9.17) is 0 Å². The molecule has 2 amide bonds. The van der Waals surface area contributed by atoms with Gasteiger partial charge in [-0.2, -0.15) is 13.2 Å². The van der Waals surface area contributed by atoms with Crippen molar-refractivity contribution >= 4 is 27.3 Å². The highest BCUT2D eigenvalue weighted by Crippen LogP contribution is 2.40. The molecule has 2 atom stereocenters. The van der Waals surface area contributed by atoms with E-state index < -0.39 is 56.9 Å². The van der Waals surface area contributed by atoms with Gasteiger partial charge < -0.3 is 20.4 Å². The van der Waals surface area contributed by atoms with E-state index >= 15 is 0 Å². The van der Waals surface area contributed by atoms with Gasteiger partial charge in [-0.1, -0.05) is 18.2 Å². The highest BCUT2D eigenvalue weighted by atomic mass is 32.2. The van der Waals surface area contributed by atoms with Crippen LogP contribution >= 0.6 is 0 Å². The Balaban J connectivity index is 1.60. The minimum absolute atomic E-state index is 0.0891. The molecule has 1 saturated carbocycles.